The lowest BCUT2D eigenvalue weighted by Crippen LogP contribution is -2.57. The molecule has 0 aromatic heterocycles. The third-order valence-electron chi connectivity index (χ3n) is 16.0. The van der Waals surface area contributed by atoms with Crippen LogP contribution in [0.5, 0.6) is 0 Å². The third-order valence-corrected chi connectivity index (χ3v) is 16.0. The Bertz CT molecular complexity index is 805. The van der Waals surface area contributed by atoms with Gasteiger partial charge in [-0.2, -0.15) is 0 Å². The van der Waals surface area contributed by atoms with E-state index in [0.717, 1.165) is 88.8 Å². The molecule has 7 aliphatic carbocycles. The van der Waals surface area contributed by atoms with Gasteiger partial charge in [0.05, 0.1) is 0 Å². The highest BCUT2D eigenvalue weighted by molar-refractivity contribution is 5.07. The quantitative estimate of drug-likeness (QED) is 0.309. The Kier molecular flexibility index (Phi) is 9.02. The van der Waals surface area contributed by atoms with Gasteiger partial charge in [-0.05, 0) is 147 Å². The van der Waals surface area contributed by atoms with Crippen LogP contribution in [-0.2, 0) is 0 Å². The fourth-order valence-electron chi connectivity index (χ4n) is 14.7. The van der Waals surface area contributed by atoms with Crippen LogP contribution < -0.4 is 0 Å². The topological polar surface area (TPSA) is 0 Å². The lowest BCUT2D eigenvalue weighted by atomic mass is 9.41. The molecule has 2 bridgehead atoms. The van der Waals surface area contributed by atoms with E-state index in [2.05, 4.69) is 20.8 Å². The van der Waals surface area contributed by atoms with Gasteiger partial charge < -0.3 is 0 Å². The van der Waals surface area contributed by atoms with Crippen LogP contribution in [0.25, 0.3) is 0 Å². The second-order valence-corrected chi connectivity index (χ2v) is 17.6. The molecule has 0 amide bonds. The molecule has 0 aliphatic heterocycles. The lowest BCUT2D eigenvalue weighted by Gasteiger charge is -2.63. The first kappa shape index (κ1) is 28.8. The van der Waals surface area contributed by atoms with Gasteiger partial charge in [0.15, 0.2) is 0 Å². The number of rotatable bonds is 6. The van der Waals surface area contributed by atoms with Crippen molar-refractivity contribution < 1.29 is 0 Å². The maximum absolute atomic E-state index is 2.76. The maximum Gasteiger partial charge on any atom is -0.0321 e. The van der Waals surface area contributed by atoms with Crippen molar-refractivity contribution >= 4 is 0 Å². The number of hydrogen-bond acceptors (Lipinski definition) is 0. The SMILES string of the molecule is CCCCC(C1CCCC1)C1C2CCCCC2C(C2CCC3CCCCC4CCC2C3C4C)C2CCC(C)CC21. The third kappa shape index (κ3) is 5.20. The van der Waals surface area contributed by atoms with Crippen molar-refractivity contribution in [1.82, 2.24) is 0 Å². The molecule has 0 aromatic carbocycles. The van der Waals surface area contributed by atoms with Crippen LogP contribution in [0, 0.1) is 88.8 Å². The number of unbranched alkanes of at least 4 members (excludes halogenated alkanes) is 1. The molecule has 0 aromatic rings. The minimum Gasteiger partial charge on any atom is -0.0654 e. The van der Waals surface area contributed by atoms with Gasteiger partial charge in [0.2, 0.25) is 0 Å². The first-order valence-electron chi connectivity index (χ1n) is 19.7. The van der Waals surface area contributed by atoms with E-state index in [1.807, 2.05) is 0 Å². The number of fused-ring (bicyclic) bond motifs is 3. The first-order chi connectivity index (χ1) is 19.7. The highest BCUT2D eigenvalue weighted by Crippen LogP contribution is 2.66. The van der Waals surface area contributed by atoms with Crippen molar-refractivity contribution in [3.63, 3.8) is 0 Å². The summed E-state index contributed by atoms with van der Waals surface area (Å²) in [5, 5.41) is 0. The van der Waals surface area contributed by atoms with E-state index in [1.54, 1.807) is 128 Å². The Morgan fingerprint density at radius 1 is 0.525 bits per heavy atom. The summed E-state index contributed by atoms with van der Waals surface area (Å²) < 4.78 is 0. The van der Waals surface area contributed by atoms with Crippen molar-refractivity contribution in [2.45, 2.75) is 162 Å². The van der Waals surface area contributed by atoms with Gasteiger partial charge in [-0.15, -0.1) is 0 Å². The lowest BCUT2D eigenvalue weighted by molar-refractivity contribution is -0.149. The Balaban J connectivity index is 1.23. The fourth-order valence-corrected chi connectivity index (χ4v) is 14.7. The molecule has 0 heterocycles. The van der Waals surface area contributed by atoms with Crippen LogP contribution >= 0.6 is 0 Å². The minimum atomic E-state index is 0.997. The highest BCUT2D eigenvalue weighted by Gasteiger charge is 2.59. The maximum atomic E-state index is 2.76. The molecule has 7 aliphatic rings. The highest BCUT2D eigenvalue weighted by atomic mass is 14.6. The van der Waals surface area contributed by atoms with E-state index in [-0.39, 0.29) is 0 Å². The smallest absolute Gasteiger partial charge is 0.0321 e. The Hall–Kier alpha value is 0. The summed E-state index contributed by atoms with van der Waals surface area (Å²) in [5.74, 6) is 16.4. The zero-order valence-electron chi connectivity index (χ0n) is 27.2. The molecule has 228 valence electrons. The van der Waals surface area contributed by atoms with Crippen LogP contribution in [0.1, 0.15) is 162 Å². The summed E-state index contributed by atoms with van der Waals surface area (Å²) in [7, 11) is 0. The molecule has 0 heteroatoms. The summed E-state index contributed by atoms with van der Waals surface area (Å²) in [6.07, 6.45) is 34.7. The van der Waals surface area contributed by atoms with E-state index in [0.29, 0.717) is 0 Å². The van der Waals surface area contributed by atoms with Crippen LogP contribution in [-0.4, -0.2) is 0 Å². The molecule has 0 saturated heterocycles. The molecule has 40 heavy (non-hydrogen) atoms. The van der Waals surface area contributed by atoms with Gasteiger partial charge in [0.1, 0.15) is 0 Å². The predicted molar refractivity (Wildman–Crippen MR) is 171 cm³/mol. The van der Waals surface area contributed by atoms with E-state index in [4.69, 9.17) is 0 Å². The van der Waals surface area contributed by atoms with E-state index >= 15 is 0 Å². The zero-order chi connectivity index (χ0) is 27.2. The second kappa shape index (κ2) is 12.5. The van der Waals surface area contributed by atoms with Crippen LogP contribution in [0.4, 0.5) is 0 Å². The molecule has 0 spiro atoms. The Morgan fingerprint density at radius 2 is 1.10 bits per heavy atom. The standard InChI is InChI=1S/C40H68/c1-4-5-16-31(29-13-7-8-14-29)39-32-17-10-11-18-33(32)40(36-22-19-26(2)25-37(36)39)35-24-21-30-15-9-6-12-28-20-23-34(35)38(30)27(28)3/h26-40H,4-25H2,1-3H3. The molecule has 7 rings (SSSR count). The van der Waals surface area contributed by atoms with Gasteiger partial charge in [-0.3, -0.25) is 0 Å². The van der Waals surface area contributed by atoms with Gasteiger partial charge in [-0.1, -0.05) is 104 Å². The average molecular weight is 549 g/mol. The summed E-state index contributed by atoms with van der Waals surface area (Å²) in [6.45, 7) is 7.89. The van der Waals surface area contributed by atoms with Crippen molar-refractivity contribution in [3.05, 3.63) is 0 Å². The molecule has 14 unspecified atom stereocenters. The summed E-state index contributed by atoms with van der Waals surface area (Å²) >= 11 is 0. The summed E-state index contributed by atoms with van der Waals surface area (Å²) in [5.41, 5.74) is 0. The summed E-state index contributed by atoms with van der Waals surface area (Å²) in [6, 6.07) is 0. The van der Waals surface area contributed by atoms with Gasteiger partial charge in [-0.25, -0.2) is 0 Å². The molecule has 14 atom stereocenters. The van der Waals surface area contributed by atoms with E-state index in [1.165, 1.54) is 12.8 Å². The minimum absolute atomic E-state index is 0.997. The Labute approximate surface area is 250 Å². The fraction of sp³-hybridized carbons (Fsp3) is 1.00. The van der Waals surface area contributed by atoms with Crippen molar-refractivity contribution in [2.75, 3.05) is 0 Å². The first-order valence-corrected chi connectivity index (χ1v) is 19.7. The van der Waals surface area contributed by atoms with Crippen molar-refractivity contribution in [2.24, 2.45) is 88.8 Å². The molecule has 0 nitrogen and oxygen atoms in total. The summed E-state index contributed by atoms with van der Waals surface area (Å²) in [4.78, 5) is 0. The monoisotopic (exact) mass is 549 g/mol. The van der Waals surface area contributed by atoms with Gasteiger partial charge in [0, 0.05) is 0 Å². The van der Waals surface area contributed by atoms with Crippen LogP contribution in [0.15, 0.2) is 0 Å². The average Bonchev–Trinajstić information content (AvgIpc) is 3.50. The molecular weight excluding hydrogens is 480 g/mol. The molecule has 0 radical (unpaired) electrons. The van der Waals surface area contributed by atoms with E-state index in [9.17, 15) is 0 Å². The van der Waals surface area contributed by atoms with Crippen molar-refractivity contribution in [1.29, 1.82) is 0 Å². The van der Waals surface area contributed by atoms with Crippen LogP contribution in [0.3, 0.4) is 0 Å². The molecular formula is C40H68. The largest absolute Gasteiger partial charge is 0.0654 e. The normalized spacial score (nSPS) is 50.3. The molecule has 7 saturated carbocycles. The number of hydrogen-bond donors (Lipinski definition) is 0. The van der Waals surface area contributed by atoms with Gasteiger partial charge >= 0.3 is 0 Å². The molecule has 0 N–H and O–H groups in total. The zero-order valence-corrected chi connectivity index (χ0v) is 27.2. The predicted octanol–water partition coefficient (Wildman–Crippen LogP) is 12.0. The second-order valence-electron chi connectivity index (χ2n) is 17.6. The van der Waals surface area contributed by atoms with Crippen molar-refractivity contribution in [3.8, 4) is 0 Å². The molecule has 7 fully saturated rings. The van der Waals surface area contributed by atoms with E-state index < -0.39 is 0 Å². The Morgan fingerprint density at radius 3 is 1.88 bits per heavy atom. The van der Waals surface area contributed by atoms with Crippen LogP contribution in [0.2, 0.25) is 0 Å². The van der Waals surface area contributed by atoms with Gasteiger partial charge in [0.25, 0.3) is 0 Å².